The number of alkyl halides is 1. The average molecular weight is 398 g/mol. The van der Waals surface area contributed by atoms with Gasteiger partial charge in [-0.2, -0.15) is 0 Å². The molecule has 0 saturated heterocycles. The van der Waals surface area contributed by atoms with Crippen LogP contribution in [0, 0.1) is 9.49 Å². The number of hydrogen-bond donors (Lipinski definition) is 1. The van der Waals surface area contributed by atoms with Crippen LogP contribution < -0.4 is 5.32 Å². The molecule has 0 radical (unpaired) electrons. The number of halogens is 3. The quantitative estimate of drug-likeness (QED) is 0.604. The molecule has 2 atom stereocenters. The van der Waals surface area contributed by atoms with Crippen LogP contribution in [0.5, 0.6) is 0 Å². The number of carbonyl (C=O) groups excluding carboxylic acids is 1. The Balaban J connectivity index is 1.93. The summed E-state index contributed by atoms with van der Waals surface area (Å²) in [5, 5.41) is 3.83. The molecule has 1 amide bonds. The normalized spacial score (nSPS) is 23.1. The summed E-state index contributed by atoms with van der Waals surface area (Å²) in [6.07, 6.45) is 3.15. The molecule has 1 saturated carbocycles. The highest BCUT2D eigenvalue weighted by molar-refractivity contribution is 14.1. The van der Waals surface area contributed by atoms with Crippen molar-refractivity contribution in [2.45, 2.75) is 24.6 Å². The van der Waals surface area contributed by atoms with Crippen molar-refractivity contribution < 1.29 is 4.79 Å². The summed E-state index contributed by atoms with van der Waals surface area (Å²) in [5.74, 6) is 0.452. The first-order valence-corrected chi connectivity index (χ1v) is 7.83. The summed E-state index contributed by atoms with van der Waals surface area (Å²) in [7, 11) is 0. The molecular formula is C13H14Cl2INO. The maximum absolute atomic E-state index is 12.0. The highest BCUT2D eigenvalue weighted by Crippen LogP contribution is 2.28. The van der Waals surface area contributed by atoms with E-state index < -0.39 is 0 Å². The van der Waals surface area contributed by atoms with Gasteiger partial charge in [0, 0.05) is 20.5 Å². The Morgan fingerprint density at radius 1 is 1.44 bits per heavy atom. The molecule has 1 aromatic carbocycles. The molecule has 1 aromatic rings. The van der Waals surface area contributed by atoms with Crippen molar-refractivity contribution in [1.82, 2.24) is 5.32 Å². The zero-order chi connectivity index (χ0) is 13.1. The fourth-order valence-corrected chi connectivity index (χ4v) is 3.33. The first kappa shape index (κ1) is 14.4. The molecule has 1 aliphatic rings. The Morgan fingerprint density at radius 2 is 2.22 bits per heavy atom. The van der Waals surface area contributed by atoms with Crippen molar-refractivity contribution in [3.05, 3.63) is 32.4 Å². The van der Waals surface area contributed by atoms with Gasteiger partial charge in [-0.05, 0) is 66.0 Å². The summed E-state index contributed by atoms with van der Waals surface area (Å²) < 4.78 is 0.913. The van der Waals surface area contributed by atoms with E-state index in [9.17, 15) is 4.79 Å². The standard InChI is InChI=1S/C13H14Cl2INO/c14-9-2-1-8(5-9)7-17-13(18)11-6-10(15)3-4-12(11)16/h3-4,6,8-9H,1-2,5,7H2,(H,17,18). The first-order chi connectivity index (χ1) is 8.56. The lowest BCUT2D eigenvalue weighted by molar-refractivity contribution is 0.0946. The van der Waals surface area contributed by atoms with E-state index in [1.54, 1.807) is 12.1 Å². The second-order valence-electron chi connectivity index (χ2n) is 4.61. The van der Waals surface area contributed by atoms with Gasteiger partial charge in [-0.25, -0.2) is 0 Å². The minimum Gasteiger partial charge on any atom is -0.352 e. The van der Waals surface area contributed by atoms with E-state index in [0.717, 1.165) is 22.8 Å². The highest BCUT2D eigenvalue weighted by atomic mass is 127. The fourth-order valence-electron chi connectivity index (χ4n) is 2.20. The van der Waals surface area contributed by atoms with E-state index in [1.165, 1.54) is 0 Å². The number of amides is 1. The molecule has 18 heavy (non-hydrogen) atoms. The van der Waals surface area contributed by atoms with Crippen LogP contribution in [-0.4, -0.2) is 17.8 Å². The van der Waals surface area contributed by atoms with Crippen LogP contribution in [-0.2, 0) is 0 Å². The molecule has 0 bridgehead atoms. The van der Waals surface area contributed by atoms with Gasteiger partial charge in [0.15, 0.2) is 0 Å². The molecule has 2 nitrogen and oxygen atoms in total. The zero-order valence-corrected chi connectivity index (χ0v) is 13.4. The molecule has 2 unspecified atom stereocenters. The predicted molar refractivity (Wildman–Crippen MR) is 83.5 cm³/mol. The summed E-state index contributed by atoms with van der Waals surface area (Å²) in [4.78, 5) is 12.0. The first-order valence-electron chi connectivity index (χ1n) is 5.93. The maximum atomic E-state index is 12.0. The van der Waals surface area contributed by atoms with E-state index in [-0.39, 0.29) is 11.3 Å². The maximum Gasteiger partial charge on any atom is 0.252 e. The van der Waals surface area contributed by atoms with Gasteiger partial charge in [0.05, 0.1) is 5.56 Å². The molecule has 0 aliphatic heterocycles. The molecule has 2 rings (SSSR count). The lowest BCUT2D eigenvalue weighted by atomic mass is 10.1. The third-order valence-corrected chi connectivity index (χ3v) is 4.77. The van der Waals surface area contributed by atoms with Crippen LogP contribution in [0.2, 0.25) is 5.02 Å². The van der Waals surface area contributed by atoms with E-state index in [2.05, 4.69) is 27.9 Å². The van der Waals surface area contributed by atoms with Gasteiger partial charge >= 0.3 is 0 Å². The third kappa shape index (κ3) is 3.75. The van der Waals surface area contributed by atoms with E-state index >= 15 is 0 Å². The monoisotopic (exact) mass is 397 g/mol. The van der Waals surface area contributed by atoms with Crippen LogP contribution in [0.3, 0.4) is 0 Å². The Labute approximate surface area is 131 Å². The number of benzene rings is 1. The minimum atomic E-state index is -0.0556. The Kier molecular flexibility index (Phi) is 5.15. The highest BCUT2D eigenvalue weighted by Gasteiger charge is 2.23. The Bertz CT molecular complexity index is 453. The second kappa shape index (κ2) is 6.44. The van der Waals surface area contributed by atoms with Crippen LogP contribution >= 0.6 is 45.8 Å². The number of nitrogens with one attached hydrogen (secondary N) is 1. The van der Waals surface area contributed by atoms with E-state index in [4.69, 9.17) is 23.2 Å². The lowest BCUT2D eigenvalue weighted by Gasteiger charge is -2.11. The largest absolute Gasteiger partial charge is 0.352 e. The molecule has 1 fully saturated rings. The summed E-state index contributed by atoms with van der Waals surface area (Å²) in [5.41, 5.74) is 0.642. The van der Waals surface area contributed by atoms with Crippen molar-refractivity contribution in [2.75, 3.05) is 6.54 Å². The molecule has 1 aliphatic carbocycles. The Hall–Kier alpha value is -0.000000000000000111. The average Bonchev–Trinajstić information content (AvgIpc) is 2.75. The molecule has 0 spiro atoms. The van der Waals surface area contributed by atoms with Gasteiger partial charge in [-0.3, -0.25) is 4.79 Å². The minimum absolute atomic E-state index is 0.0556. The molecule has 1 N–H and O–H groups in total. The van der Waals surface area contributed by atoms with Gasteiger partial charge in [0.2, 0.25) is 0 Å². The molecular weight excluding hydrogens is 384 g/mol. The summed E-state index contributed by atoms with van der Waals surface area (Å²) in [6.45, 7) is 0.699. The smallest absolute Gasteiger partial charge is 0.252 e. The van der Waals surface area contributed by atoms with Gasteiger partial charge in [-0.1, -0.05) is 11.6 Å². The molecule has 98 valence electrons. The van der Waals surface area contributed by atoms with Crippen LogP contribution in [0.1, 0.15) is 29.6 Å². The van der Waals surface area contributed by atoms with Gasteiger partial charge in [-0.15, -0.1) is 11.6 Å². The van der Waals surface area contributed by atoms with Crippen LogP contribution in [0.25, 0.3) is 0 Å². The van der Waals surface area contributed by atoms with E-state index in [1.807, 2.05) is 6.07 Å². The van der Waals surface area contributed by atoms with Crippen molar-refractivity contribution in [3.63, 3.8) is 0 Å². The SMILES string of the molecule is O=C(NCC1CCC(Cl)C1)c1cc(Cl)ccc1I. The molecule has 0 aromatic heterocycles. The predicted octanol–water partition coefficient (Wildman–Crippen LogP) is 4.08. The van der Waals surface area contributed by atoms with Gasteiger partial charge in [0.1, 0.15) is 0 Å². The van der Waals surface area contributed by atoms with Gasteiger partial charge < -0.3 is 5.32 Å². The lowest BCUT2D eigenvalue weighted by Crippen LogP contribution is -2.29. The number of rotatable bonds is 3. The molecule has 5 heteroatoms. The van der Waals surface area contributed by atoms with Crippen molar-refractivity contribution in [2.24, 2.45) is 5.92 Å². The van der Waals surface area contributed by atoms with Crippen molar-refractivity contribution >= 4 is 51.7 Å². The zero-order valence-electron chi connectivity index (χ0n) is 9.76. The molecule has 0 heterocycles. The van der Waals surface area contributed by atoms with Crippen molar-refractivity contribution in [3.8, 4) is 0 Å². The Morgan fingerprint density at radius 3 is 2.89 bits per heavy atom. The topological polar surface area (TPSA) is 29.1 Å². The fraction of sp³-hybridized carbons (Fsp3) is 0.462. The number of hydrogen-bond acceptors (Lipinski definition) is 1. The second-order valence-corrected chi connectivity index (χ2v) is 6.83. The van der Waals surface area contributed by atoms with E-state index in [0.29, 0.717) is 23.0 Å². The third-order valence-electron chi connectivity index (χ3n) is 3.20. The van der Waals surface area contributed by atoms with Gasteiger partial charge in [0.25, 0.3) is 5.91 Å². The number of carbonyl (C=O) groups is 1. The van der Waals surface area contributed by atoms with Crippen LogP contribution in [0.15, 0.2) is 18.2 Å². The van der Waals surface area contributed by atoms with Crippen molar-refractivity contribution in [1.29, 1.82) is 0 Å². The summed E-state index contributed by atoms with van der Waals surface area (Å²) >= 11 is 14.1. The summed E-state index contributed by atoms with van der Waals surface area (Å²) in [6, 6.07) is 5.34. The van der Waals surface area contributed by atoms with Crippen LogP contribution in [0.4, 0.5) is 0 Å².